The molecule has 1 fully saturated rings. The van der Waals surface area contributed by atoms with Crippen molar-refractivity contribution < 1.29 is 12.8 Å². The van der Waals surface area contributed by atoms with Gasteiger partial charge in [-0.2, -0.15) is 4.31 Å². The van der Waals surface area contributed by atoms with Gasteiger partial charge in [0, 0.05) is 38.3 Å². The number of aromatic nitrogens is 2. The molecular formula is C14H17FN4O2S. The van der Waals surface area contributed by atoms with Crippen LogP contribution >= 0.6 is 0 Å². The highest BCUT2D eigenvalue weighted by atomic mass is 32.2. The molecule has 1 aliphatic rings. The molecule has 0 spiro atoms. The normalized spacial score (nSPS) is 23.0. The lowest BCUT2D eigenvalue weighted by Crippen LogP contribution is -2.32. The molecule has 0 saturated carbocycles. The van der Waals surface area contributed by atoms with E-state index in [1.807, 2.05) is 0 Å². The minimum atomic E-state index is -3.71. The van der Waals surface area contributed by atoms with Gasteiger partial charge in [-0.15, -0.1) is 0 Å². The molecule has 0 bridgehead atoms. The van der Waals surface area contributed by atoms with Crippen LogP contribution in [0.5, 0.6) is 0 Å². The summed E-state index contributed by atoms with van der Waals surface area (Å²) in [6, 6.07) is 5.88. The van der Waals surface area contributed by atoms with Crippen LogP contribution in [-0.2, 0) is 17.1 Å². The number of nitrogens with zero attached hydrogens (tertiary/aromatic N) is 3. The second kappa shape index (κ2) is 5.45. The third kappa shape index (κ3) is 2.53. The molecule has 22 heavy (non-hydrogen) atoms. The van der Waals surface area contributed by atoms with Crippen LogP contribution in [-0.4, -0.2) is 41.4 Å². The van der Waals surface area contributed by atoms with E-state index >= 15 is 0 Å². The molecule has 0 amide bonds. The van der Waals surface area contributed by atoms with Crippen LogP contribution in [0.4, 0.5) is 4.39 Å². The maximum Gasteiger partial charge on any atom is 0.262 e. The van der Waals surface area contributed by atoms with Crippen LogP contribution in [0.3, 0.4) is 0 Å². The summed E-state index contributed by atoms with van der Waals surface area (Å²) >= 11 is 0. The smallest absolute Gasteiger partial charge is 0.262 e. The molecule has 2 heterocycles. The van der Waals surface area contributed by atoms with Crippen molar-refractivity contribution in [1.82, 2.24) is 13.9 Å². The van der Waals surface area contributed by atoms with Crippen molar-refractivity contribution in [2.75, 3.05) is 13.1 Å². The Hall–Kier alpha value is -1.77. The van der Waals surface area contributed by atoms with Gasteiger partial charge in [-0.3, -0.25) is 0 Å². The average molecular weight is 324 g/mol. The van der Waals surface area contributed by atoms with Crippen molar-refractivity contribution >= 4 is 10.0 Å². The third-order valence-corrected chi connectivity index (χ3v) is 5.64. The van der Waals surface area contributed by atoms with Crippen LogP contribution in [0.15, 0.2) is 41.8 Å². The number of nitrogens with two attached hydrogens (primary N) is 1. The van der Waals surface area contributed by atoms with Crippen LogP contribution in [0.25, 0.3) is 0 Å². The maximum absolute atomic E-state index is 13.9. The van der Waals surface area contributed by atoms with Crippen LogP contribution in [0.2, 0.25) is 0 Å². The van der Waals surface area contributed by atoms with Gasteiger partial charge in [0.2, 0.25) is 0 Å². The first kappa shape index (κ1) is 15.1. The monoisotopic (exact) mass is 324 g/mol. The summed E-state index contributed by atoms with van der Waals surface area (Å²) in [5.74, 6) is -0.722. The number of rotatable bonds is 3. The molecular weight excluding hydrogens is 307 g/mol. The summed E-state index contributed by atoms with van der Waals surface area (Å²) in [6.45, 7) is 0.304. The zero-order chi connectivity index (χ0) is 15.9. The molecule has 1 aromatic carbocycles. The van der Waals surface area contributed by atoms with Crippen LogP contribution < -0.4 is 5.73 Å². The second-order valence-electron chi connectivity index (χ2n) is 5.49. The number of halogens is 1. The first-order valence-corrected chi connectivity index (χ1v) is 8.31. The first-order valence-electron chi connectivity index (χ1n) is 6.87. The molecule has 6 nitrogen and oxygen atoms in total. The van der Waals surface area contributed by atoms with Gasteiger partial charge < -0.3 is 10.3 Å². The Morgan fingerprint density at radius 2 is 2.05 bits per heavy atom. The Bertz CT molecular complexity index is 790. The molecule has 2 aromatic rings. The Labute approximate surface area is 128 Å². The summed E-state index contributed by atoms with van der Waals surface area (Å²) in [5, 5.41) is -0.0172. The van der Waals surface area contributed by atoms with Crippen LogP contribution in [0.1, 0.15) is 11.5 Å². The van der Waals surface area contributed by atoms with E-state index in [9.17, 15) is 12.8 Å². The zero-order valence-electron chi connectivity index (χ0n) is 12.1. The lowest BCUT2D eigenvalue weighted by molar-refractivity contribution is 0.466. The number of sulfonamides is 1. The predicted molar refractivity (Wildman–Crippen MR) is 79.1 cm³/mol. The highest BCUT2D eigenvalue weighted by Crippen LogP contribution is 2.31. The molecule has 1 saturated heterocycles. The Balaban J connectivity index is 1.89. The number of benzene rings is 1. The van der Waals surface area contributed by atoms with E-state index in [2.05, 4.69) is 4.98 Å². The highest BCUT2D eigenvalue weighted by molar-refractivity contribution is 7.89. The average Bonchev–Trinajstić information content (AvgIpc) is 3.06. The van der Waals surface area contributed by atoms with E-state index in [0.29, 0.717) is 5.56 Å². The predicted octanol–water partition coefficient (Wildman–Crippen LogP) is 0.675. The van der Waals surface area contributed by atoms with E-state index in [4.69, 9.17) is 5.73 Å². The van der Waals surface area contributed by atoms with Crippen molar-refractivity contribution in [2.24, 2.45) is 12.8 Å². The lowest BCUT2D eigenvalue weighted by Gasteiger charge is -2.15. The fraction of sp³-hybridized carbons (Fsp3) is 0.357. The Kier molecular flexibility index (Phi) is 3.75. The Morgan fingerprint density at radius 3 is 2.68 bits per heavy atom. The fourth-order valence-corrected chi connectivity index (χ4v) is 4.22. The molecule has 1 aliphatic heterocycles. The number of hydrogen-bond donors (Lipinski definition) is 1. The Morgan fingerprint density at radius 1 is 1.32 bits per heavy atom. The van der Waals surface area contributed by atoms with Crippen molar-refractivity contribution in [3.8, 4) is 0 Å². The van der Waals surface area contributed by atoms with Gasteiger partial charge in [0.05, 0.1) is 6.33 Å². The van der Waals surface area contributed by atoms with Crippen molar-refractivity contribution in [3.05, 3.63) is 48.2 Å². The van der Waals surface area contributed by atoms with Gasteiger partial charge in [-0.05, 0) is 11.6 Å². The largest absolute Gasteiger partial charge is 0.339 e. The summed E-state index contributed by atoms with van der Waals surface area (Å²) in [5.41, 5.74) is 6.50. The molecule has 3 rings (SSSR count). The summed E-state index contributed by atoms with van der Waals surface area (Å²) < 4.78 is 41.9. The molecule has 2 atom stereocenters. The quantitative estimate of drug-likeness (QED) is 0.900. The minimum Gasteiger partial charge on any atom is -0.339 e. The summed E-state index contributed by atoms with van der Waals surface area (Å²) in [4.78, 5) is 3.89. The molecule has 118 valence electrons. The van der Waals surface area contributed by atoms with E-state index in [0.717, 1.165) is 0 Å². The molecule has 0 unspecified atom stereocenters. The third-order valence-electron chi connectivity index (χ3n) is 3.92. The second-order valence-corrected chi connectivity index (χ2v) is 7.38. The molecule has 0 aliphatic carbocycles. The van der Waals surface area contributed by atoms with Gasteiger partial charge in [-0.25, -0.2) is 17.8 Å². The van der Waals surface area contributed by atoms with Crippen molar-refractivity contribution in [2.45, 2.75) is 17.0 Å². The molecule has 8 heteroatoms. The number of hydrogen-bond acceptors (Lipinski definition) is 4. The van der Waals surface area contributed by atoms with Crippen molar-refractivity contribution in [1.29, 1.82) is 0 Å². The lowest BCUT2D eigenvalue weighted by atomic mass is 9.94. The molecule has 0 radical (unpaired) electrons. The van der Waals surface area contributed by atoms with Gasteiger partial charge in [0.1, 0.15) is 5.82 Å². The van der Waals surface area contributed by atoms with E-state index < -0.39 is 16.1 Å². The molecule has 1 aromatic heterocycles. The standard InChI is InChI=1S/C14H17FN4O2S/c1-18-8-14(17-9-18)22(20,21)19-6-11(13(16)7-19)10-4-2-3-5-12(10)15/h2-5,8-9,11,13H,6-7,16H2,1H3/t11-,13+/m1/s1. The first-order chi connectivity index (χ1) is 10.4. The number of imidazole rings is 1. The van der Waals surface area contributed by atoms with Crippen molar-refractivity contribution in [3.63, 3.8) is 0 Å². The zero-order valence-corrected chi connectivity index (χ0v) is 12.9. The van der Waals surface area contributed by atoms with E-state index in [1.165, 1.54) is 22.9 Å². The van der Waals surface area contributed by atoms with E-state index in [-0.39, 0.29) is 29.9 Å². The number of aryl methyl sites for hydroxylation is 1. The molecule has 2 N–H and O–H groups in total. The topological polar surface area (TPSA) is 81.2 Å². The fourth-order valence-electron chi connectivity index (χ4n) is 2.75. The summed E-state index contributed by atoms with van der Waals surface area (Å²) in [7, 11) is -2.01. The van der Waals surface area contributed by atoms with Gasteiger partial charge in [-0.1, -0.05) is 18.2 Å². The minimum absolute atomic E-state index is 0.0172. The van der Waals surface area contributed by atoms with Gasteiger partial charge in [0.15, 0.2) is 5.03 Å². The maximum atomic E-state index is 13.9. The van der Waals surface area contributed by atoms with E-state index in [1.54, 1.807) is 29.8 Å². The van der Waals surface area contributed by atoms with Gasteiger partial charge >= 0.3 is 0 Å². The highest BCUT2D eigenvalue weighted by Gasteiger charge is 2.40. The summed E-state index contributed by atoms with van der Waals surface area (Å²) in [6.07, 6.45) is 2.87. The van der Waals surface area contributed by atoms with Gasteiger partial charge in [0.25, 0.3) is 10.0 Å². The SMILES string of the molecule is Cn1cnc(S(=O)(=O)N2C[C@H](c3ccccc3F)[C@@H](N)C2)c1. The van der Waals surface area contributed by atoms with Crippen LogP contribution in [0, 0.1) is 5.82 Å².